The third-order valence-corrected chi connectivity index (χ3v) is 4.14. The van der Waals surface area contributed by atoms with Crippen LogP contribution in [0.15, 0.2) is 55.2 Å². The van der Waals surface area contributed by atoms with Gasteiger partial charge in [-0.05, 0) is 24.6 Å². The van der Waals surface area contributed by atoms with Gasteiger partial charge in [0.15, 0.2) is 0 Å². The van der Waals surface area contributed by atoms with Crippen LogP contribution in [0.4, 0.5) is 13.6 Å². The van der Waals surface area contributed by atoms with E-state index in [0.717, 1.165) is 17.7 Å². The Labute approximate surface area is 160 Å². The second kappa shape index (κ2) is 8.13. The molecule has 1 atom stereocenters. The number of aliphatic hydroxyl groups is 1. The fourth-order valence-electron chi connectivity index (χ4n) is 2.59. The van der Waals surface area contributed by atoms with Crippen molar-refractivity contribution in [2.45, 2.75) is 19.1 Å². The molecule has 2 heterocycles. The molecule has 0 spiro atoms. The van der Waals surface area contributed by atoms with E-state index in [2.05, 4.69) is 20.6 Å². The zero-order chi connectivity index (χ0) is 20.1. The molecule has 3 aromatic rings. The Hall–Kier alpha value is -3.33. The topological polar surface area (TPSA) is 92.1 Å². The highest BCUT2D eigenvalue weighted by Gasteiger charge is 2.27. The molecule has 7 nitrogen and oxygen atoms in total. The lowest BCUT2D eigenvalue weighted by atomic mass is 9.95. The first-order valence-corrected chi connectivity index (χ1v) is 8.48. The molecule has 28 heavy (non-hydrogen) atoms. The number of hydrogen-bond acceptors (Lipinski definition) is 4. The molecular formula is C19H19F2N5O2. The number of nitrogens with one attached hydrogen (secondary N) is 2. The summed E-state index contributed by atoms with van der Waals surface area (Å²) in [5.41, 5.74) is -1.02. The van der Waals surface area contributed by atoms with Crippen molar-refractivity contribution in [2.75, 3.05) is 6.54 Å². The minimum absolute atomic E-state index is 0.103. The summed E-state index contributed by atoms with van der Waals surface area (Å²) in [5.74, 6) is -0.922. The number of carbonyl (C=O) groups is 1. The predicted molar refractivity (Wildman–Crippen MR) is 97.5 cm³/mol. The number of benzene rings is 1. The van der Waals surface area contributed by atoms with Gasteiger partial charge in [-0.25, -0.2) is 23.5 Å². The first-order valence-electron chi connectivity index (χ1n) is 8.48. The highest BCUT2D eigenvalue weighted by molar-refractivity contribution is 5.73. The standard InChI is InChI=1S/C19H19F2N5O2/c1-19(28,15-4-3-14(20)8-16(15)21)11-25-18(27)24-10-13-2-5-17(23-9-13)26-7-6-22-12-26/h2-9,12,28H,10-11H2,1H3,(H2,24,25,27). The highest BCUT2D eigenvalue weighted by atomic mass is 19.1. The number of pyridine rings is 1. The van der Waals surface area contributed by atoms with Crippen LogP contribution >= 0.6 is 0 Å². The summed E-state index contributed by atoms with van der Waals surface area (Å²) in [6.07, 6.45) is 6.67. The lowest BCUT2D eigenvalue weighted by Gasteiger charge is -2.24. The second-order valence-electron chi connectivity index (χ2n) is 6.43. The molecule has 0 fully saturated rings. The van der Waals surface area contributed by atoms with Gasteiger partial charge in [-0.2, -0.15) is 0 Å². The van der Waals surface area contributed by atoms with Crippen LogP contribution in [0.2, 0.25) is 0 Å². The minimum atomic E-state index is -1.69. The first kappa shape index (κ1) is 19.4. The lowest BCUT2D eigenvalue weighted by Crippen LogP contribution is -2.43. The van der Waals surface area contributed by atoms with Gasteiger partial charge in [0, 0.05) is 36.8 Å². The van der Waals surface area contributed by atoms with E-state index >= 15 is 0 Å². The molecule has 1 unspecified atom stereocenters. The van der Waals surface area contributed by atoms with Crippen molar-refractivity contribution < 1.29 is 18.7 Å². The Bertz CT molecular complexity index is 943. The van der Waals surface area contributed by atoms with Crippen LogP contribution in [0.25, 0.3) is 5.82 Å². The Morgan fingerprint density at radius 2 is 2.07 bits per heavy atom. The third kappa shape index (κ3) is 4.68. The molecule has 3 rings (SSSR count). The van der Waals surface area contributed by atoms with Gasteiger partial charge in [-0.3, -0.25) is 4.57 Å². The van der Waals surface area contributed by atoms with Crippen LogP contribution < -0.4 is 10.6 Å². The number of imidazole rings is 1. The number of urea groups is 1. The van der Waals surface area contributed by atoms with Crippen LogP contribution in [0.5, 0.6) is 0 Å². The summed E-state index contributed by atoms with van der Waals surface area (Å²) in [4.78, 5) is 20.2. The van der Waals surface area contributed by atoms with E-state index in [9.17, 15) is 18.7 Å². The molecule has 0 aliphatic rings. The minimum Gasteiger partial charge on any atom is -0.383 e. The van der Waals surface area contributed by atoms with Gasteiger partial charge >= 0.3 is 6.03 Å². The Kier molecular flexibility index (Phi) is 5.65. The van der Waals surface area contributed by atoms with Crippen LogP contribution in [-0.2, 0) is 12.1 Å². The third-order valence-electron chi connectivity index (χ3n) is 4.14. The molecule has 0 aliphatic heterocycles. The van der Waals surface area contributed by atoms with Gasteiger partial charge in [0.1, 0.15) is 29.4 Å². The van der Waals surface area contributed by atoms with Crippen LogP contribution in [-0.4, -0.2) is 32.2 Å². The average Bonchev–Trinajstić information content (AvgIpc) is 3.19. The van der Waals surface area contributed by atoms with Gasteiger partial charge < -0.3 is 15.7 Å². The highest BCUT2D eigenvalue weighted by Crippen LogP contribution is 2.23. The van der Waals surface area contributed by atoms with E-state index in [4.69, 9.17) is 0 Å². The molecule has 0 saturated carbocycles. The van der Waals surface area contributed by atoms with Crippen molar-refractivity contribution in [3.63, 3.8) is 0 Å². The van der Waals surface area contributed by atoms with Crippen molar-refractivity contribution in [2.24, 2.45) is 0 Å². The van der Waals surface area contributed by atoms with Crippen molar-refractivity contribution in [3.05, 3.63) is 78.0 Å². The maximum atomic E-state index is 13.8. The van der Waals surface area contributed by atoms with E-state index in [0.29, 0.717) is 11.9 Å². The van der Waals surface area contributed by atoms with E-state index in [1.165, 1.54) is 6.92 Å². The number of nitrogens with zero attached hydrogens (tertiary/aromatic N) is 3. The molecule has 2 aromatic heterocycles. The van der Waals surface area contributed by atoms with E-state index in [-0.39, 0.29) is 18.7 Å². The smallest absolute Gasteiger partial charge is 0.315 e. The molecule has 0 saturated heterocycles. The Balaban J connectivity index is 1.51. The van der Waals surface area contributed by atoms with Crippen LogP contribution in [0.3, 0.4) is 0 Å². The lowest BCUT2D eigenvalue weighted by molar-refractivity contribution is 0.0555. The Morgan fingerprint density at radius 3 is 2.71 bits per heavy atom. The van der Waals surface area contributed by atoms with Gasteiger partial charge in [0.05, 0.1) is 6.54 Å². The zero-order valence-electron chi connectivity index (χ0n) is 15.1. The maximum absolute atomic E-state index is 13.8. The largest absolute Gasteiger partial charge is 0.383 e. The van der Waals surface area contributed by atoms with Crippen molar-refractivity contribution in [1.82, 2.24) is 25.2 Å². The molecule has 1 aromatic carbocycles. The summed E-state index contributed by atoms with van der Waals surface area (Å²) in [5, 5.41) is 15.5. The number of amides is 2. The summed E-state index contributed by atoms with van der Waals surface area (Å²) < 4.78 is 28.6. The van der Waals surface area contributed by atoms with Gasteiger partial charge in [-0.1, -0.05) is 12.1 Å². The van der Waals surface area contributed by atoms with Crippen molar-refractivity contribution in [1.29, 1.82) is 0 Å². The van der Waals surface area contributed by atoms with E-state index in [1.54, 1.807) is 35.6 Å². The maximum Gasteiger partial charge on any atom is 0.315 e. The molecule has 3 N–H and O–H groups in total. The molecule has 0 aliphatic carbocycles. The first-order chi connectivity index (χ1) is 13.3. The van der Waals surface area contributed by atoms with Crippen LogP contribution in [0, 0.1) is 11.6 Å². The summed E-state index contributed by atoms with van der Waals surface area (Å²) in [6.45, 7) is 1.30. The molecule has 0 bridgehead atoms. The zero-order valence-corrected chi connectivity index (χ0v) is 15.1. The fourth-order valence-corrected chi connectivity index (χ4v) is 2.59. The number of aromatic nitrogens is 3. The number of rotatable bonds is 6. The van der Waals surface area contributed by atoms with Gasteiger partial charge in [-0.15, -0.1) is 0 Å². The fraction of sp³-hybridized carbons (Fsp3) is 0.211. The SMILES string of the molecule is CC(O)(CNC(=O)NCc1ccc(-n2ccnc2)nc1)c1ccc(F)cc1F. The molecule has 146 valence electrons. The number of hydrogen-bond donors (Lipinski definition) is 3. The number of carbonyl (C=O) groups excluding carboxylic acids is 1. The van der Waals surface area contributed by atoms with Gasteiger partial charge in [0.25, 0.3) is 0 Å². The predicted octanol–water partition coefficient (Wildman–Crippen LogP) is 2.25. The van der Waals surface area contributed by atoms with E-state index < -0.39 is 23.3 Å². The van der Waals surface area contributed by atoms with Crippen molar-refractivity contribution >= 4 is 6.03 Å². The molecular weight excluding hydrogens is 368 g/mol. The van der Waals surface area contributed by atoms with Gasteiger partial charge in [0.2, 0.25) is 0 Å². The van der Waals surface area contributed by atoms with Crippen molar-refractivity contribution in [3.8, 4) is 5.82 Å². The van der Waals surface area contributed by atoms with E-state index in [1.807, 2.05) is 6.07 Å². The Morgan fingerprint density at radius 1 is 1.25 bits per heavy atom. The quantitative estimate of drug-likeness (QED) is 0.605. The molecule has 2 amide bonds. The normalized spacial score (nSPS) is 13.0. The molecule has 0 radical (unpaired) electrons. The molecule has 9 heteroatoms. The number of halogens is 2. The second-order valence-corrected chi connectivity index (χ2v) is 6.43. The summed E-state index contributed by atoms with van der Waals surface area (Å²) in [6, 6.07) is 5.95. The van der Waals surface area contributed by atoms with Crippen LogP contribution in [0.1, 0.15) is 18.1 Å². The monoisotopic (exact) mass is 387 g/mol. The summed E-state index contributed by atoms with van der Waals surface area (Å²) >= 11 is 0. The summed E-state index contributed by atoms with van der Waals surface area (Å²) in [7, 11) is 0. The average molecular weight is 387 g/mol.